The van der Waals surface area contributed by atoms with Gasteiger partial charge in [0.1, 0.15) is 5.69 Å². The van der Waals surface area contributed by atoms with E-state index in [1.54, 1.807) is 37.5 Å². The molecule has 0 aliphatic carbocycles. The molecule has 1 aromatic heterocycles. The van der Waals surface area contributed by atoms with E-state index in [0.29, 0.717) is 29.9 Å². The summed E-state index contributed by atoms with van der Waals surface area (Å²) in [7, 11) is 1.64. The van der Waals surface area contributed by atoms with Crippen LogP contribution >= 0.6 is 0 Å². The lowest BCUT2D eigenvalue weighted by atomic mass is 10.0. The van der Waals surface area contributed by atoms with Crippen LogP contribution in [0.2, 0.25) is 0 Å². The van der Waals surface area contributed by atoms with Gasteiger partial charge in [-0.1, -0.05) is 37.3 Å². The molecule has 0 radical (unpaired) electrons. The molecule has 2 aromatic rings. The number of hydrogen-bond acceptors (Lipinski definition) is 5. The van der Waals surface area contributed by atoms with Crippen molar-refractivity contribution in [2.24, 2.45) is 5.73 Å². The number of amides is 2. The van der Waals surface area contributed by atoms with Gasteiger partial charge in [0, 0.05) is 42.9 Å². The van der Waals surface area contributed by atoms with Crippen LogP contribution in [0.5, 0.6) is 0 Å². The van der Waals surface area contributed by atoms with E-state index in [9.17, 15) is 14.7 Å². The zero-order chi connectivity index (χ0) is 20.3. The quantitative estimate of drug-likeness (QED) is 0.776. The summed E-state index contributed by atoms with van der Waals surface area (Å²) in [6, 6.07) is 7.09. The molecule has 0 saturated carbocycles. The van der Waals surface area contributed by atoms with Crippen molar-refractivity contribution < 1.29 is 14.7 Å². The topological polar surface area (TPSA) is 109 Å². The second-order valence-electron chi connectivity index (χ2n) is 6.85. The number of rotatable bonds is 4. The van der Waals surface area contributed by atoms with E-state index >= 15 is 0 Å². The number of likely N-dealkylation sites (N-methyl/N-ethyl adjacent to an activating group) is 1. The van der Waals surface area contributed by atoms with E-state index in [2.05, 4.69) is 21.8 Å². The lowest BCUT2D eigenvalue weighted by Gasteiger charge is -2.13. The Kier molecular flexibility index (Phi) is 5.43. The molecule has 1 aliphatic rings. The summed E-state index contributed by atoms with van der Waals surface area (Å²) < 4.78 is 0. The maximum atomic E-state index is 12.0. The minimum atomic E-state index is -1.65. The van der Waals surface area contributed by atoms with E-state index in [1.807, 2.05) is 6.92 Å². The van der Waals surface area contributed by atoms with Crippen molar-refractivity contribution in [1.82, 2.24) is 14.9 Å². The fourth-order valence-electron chi connectivity index (χ4n) is 3.09. The molecule has 3 N–H and O–H groups in total. The third-order valence-electron chi connectivity index (χ3n) is 4.66. The summed E-state index contributed by atoms with van der Waals surface area (Å²) in [5, 5.41) is 10.4. The Morgan fingerprint density at radius 3 is 2.86 bits per heavy atom. The molecule has 28 heavy (non-hydrogen) atoms. The molecule has 2 amide bonds. The van der Waals surface area contributed by atoms with Crippen LogP contribution in [0.1, 0.15) is 41.4 Å². The number of hydrogen-bond donors (Lipinski definition) is 2. The number of nitrogens with two attached hydrogens (primary N) is 1. The summed E-state index contributed by atoms with van der Waals surface area (Å²) in [6.07, 6.45) is 3.43. The SMILES string of the molecule is CCCc1cnc(-c2cccc(C#C[C@]3(O)CCN(C)C3=O)c2)nc1C(N)=O. The average Bonchev–Trinajstić information content (AvgIpc) is 2.95. The fourth-order valence-corrected chi connectivity index (χ4v) is 3.09. The first kappa shape index (κ1) is 19.5. The molecule has 144 valence electrons. The Balaban J connectivity index is 1.93. The number of carbonyl (C=O) groups excluding carboxylic acids is 2. The van der Waals surface area contributed by atoms with Gasteiger partial charge < -0.3 is 15.7 Å². The van der Waals surface area contributed by atoms with Crippen LogP contribution in [0.3, 0.4) is 0 Å². The first-order valence-electron chi connectivity index (χ1n) is 9.11. The van der Waals surface area contributed by atoms with Crippen molar-refractivity contribution >= 4 is 11.8 Å². The second-order valence-corrected chi connectivity index (χ2v) is 6.85. The smallest absolute Gasteiger partial charge is 0.267 e. The number of primary amides is 1. The summed E-state index contributed by atoms with van der Waals surface area (Å²) in [4.78, 5) is 33.9. The molecule has 0 spiro atoms. The minimum Gasteiger partial charge on any atom is -0.369 e. The highest BCUT2D eigenvalue weighted by atomic mass is 16.3. The minimum absolute atomic E-state index is 0.220. The first-order chi connectivity index (χ1) is 13.3. The van der Waals surface area contributed by atoms with Gasteiger partial charge in [0.2, 0.25) is 5.60 Å². The summed E-state index contributed by atoms with van der Waals surface area (Å²) in [6.45, 7) is 2.47. The molecule has 1 fully saturated rings. The van der Waals surface area contributed by atoms with Gasteiger partial charge in [-0.25, -0.2) is 9.97 Å². The normalized spacial score (nSPS) is 18.7. The van der Waals surface area contributed by atoms with Gasteiger partial charge in [-0.3, -0.25) is 9.59 Å². The lowest BCUT2D eigenvalue weighted by molar-refractivity contribution is -0.137. The number of nitrogens with zero attached hydrogens (tertiary/aromatic N) is 3. The van der Waals surface area contributed by atoms with Crippen molar-refractivity contribution in [2.75, 3.05) is 13.6 Å². The van der Waals surface area contributed by atoms with Gasteiger partial charge in [0.15, 0.2) is 5.82 Å². The number of likely N-dealkylation sites (tertiary alicyclic amines) is 1. The van der Waals surface area contributed by atoms with Crippen LogP contribution in [0.4, 0.5) is 0 Å². The van der Waals surface area contributed by atoms with Gasteiger partial charge >= 0.3 is 0 Å². The standard InChI is InChI=1S/C21H22N4O3/c1-3-5-16-13-23-19(24-17(16)18(22)26)15-7-4-6-14(12-15)8-9-21(28)10-11-25(2)20(21)27/h4,6-7,12-13,28H,3,5,10-11H2,1-2H3,(H2,22,26)/t21-/m0/s1. The largest absolute Gasteiger partial charge is 0.369 e. The average molecular weight is 378 g/mol. The highest BCUT2D eigenvalue weighted by molar-refractivity contribution is 5.92. The molecule has 0 bridgehead atoms. The van der Waals surface area contributed by atoms with Crippen LogP contribution in [-0.4, -0.2) is 51.0 Å². The van der Waals surface area contributed by atoms with Crippen LogP contribution in [-0.2, 0) is 11.2 Å². The third kappa shape index (κ3) is 3.87. The van der Waals surface area contributed by atoms with Crippen LogP contribution in [0.25, 0.3) is 11.4 Å². The molecule has 2 heterocycles. The number of aliphatic hydroxyl groups is 1. The molecular formula is C21H22N4O3. The summed E-state index contributed by atoms with van der Waals surface area (Å²) in [5.74, 6) is 4.94. The van der Waals surface area contributed by atoms with E-state index in [4.69, 9.17) is 5.73 Å². The summed E-state index contributed by atoms with van der Waals surface area (Å²) >= 11 is 0. The maximum Gasteiger partial charge on any atom is 0.267 e. The Hall–Kier alpha value is -3.24. The first-order valence-corrected chi connectivity index (χ1v) is 9.11. The Bertz CT molecular complexity index is 993. The van der Waals surface area contributed by atoms with Crippen LogP contribution in [0, 0.1) is 11.8 Å². The van der Waals surface area contributed by atoms with Crippen LogP contribution < -0.4 is 5.73 Å². The zero-order valence-electron chi connectivity index (χ0n) is 15.9. The zero-order valence-corrected chi connectivity index (χ0v) is 15.9. The molecule has 0 unspecified atom stereocenters. The van der Waals surface area contributed by atoms with Crippen molar-refractivity contribution in [3.63, 3.8) is 0 Å². The van der Waals surface area contributed by atoms with Crippen molar-refractivity contribution in [2.45, 2.75) is 31.8 Å². The Labute approximate surface area is 163 Å². The number of aryl methyl sites for hydroxylation is 1. The molecule has 1 saturated heterocycles. The van der Waals surface area contributed by atoms with Crippen molar-refractivity contribution in [3.05, 3.63) is 47.3 Å². The highest BCUT2D eigenvalue weighted by Gasteiger charge is 2.42. The van der Waals surface area contributed by atoms with Crippen molar-refractivity contribution in [1.29, 1.82) is 0 Å². The highest BCUT2D eigenvalue weighted by Crippen LogP contribution is 2.22. The predicted octanol–water partition coefficient (Wildman–Crippen LogP) is 1.14. The van der Waals surface area contributed by atoms with E-state index in [1.165, 1.54) is 4.90 Å². The fraction of sp³-hybridized carbons (Fsp3) is 0.333. The Morgan fingerprint density at radius 2 is 2.21 bits per heavy atom. The molecule has 7 heteroatoms. The van der Waals surface area contributed by atoms with E-state index in [-0.39, 0.29) is 12.1 Å². The molecule has 3 rings (SSSR count). The van der Waals surface area contributed by atoms with Gasteiger partial charge in [0.25, 0.3) is 11.8 Å². The van der Waals surface area contributed by atoms with Crippen molar-refractivity contribution in [3.8, 4) is 23.2 Å². The van der Waals surface area contributed by atoms with E-state index in [0.717, 1.165) is 12.0 Å². The maximum absolute atomic E-state index is 12.0. The van der Waals surface area contributed by atoms with Gasteiger partial charge in [-0.2, -0.15) is 0 Å². The van der Waals surface area contributed by atoms with E-state index < -0.39 is 17.4 Å². The third-order valence-corrected chi connectivity index (χ3v) is 4.66. The van der Waals surface area contributed by atoms with Gasteiger partial charge in [-0.05, 0) is 18.6 Å². The lowest BCUT2D eigenvalue weighted by Crippen LogP contribution is -2.37. The predicted molar refractivity (Wildman–Crippen MR) is 104 cm³/mol. The number of carbonyl (C=O) groups is 2. The van der Waals surface area contributed by atoms with Crippen LogP contribution in [0.15, 0.2) is 30.5 Å². The monoisotopic (exact) mass is 378 g/mol. The second kappa shape index (κ2) is 7.79. The molecule has 1 aliphatic heterocycles. The molecule has 7 nitrogen and oxygen atoms in total. The molecular weight excluding hydrogens is 356 g/mol. The summed E-state index contributed by atoms with van der Waals surface area (Å²) in [5.41, 5.74) is 6.03. The molecule has 1 aromatic carbocycles. The number of benzene rings is 1. The Morgan fingerprint density at radius 1 is 1.43 bits per heavy atom. The number of aromatic nitrogens is 2. The van der Waals surface area contributed by atoms with Gasteiger partial charge in [0.05, 0.1) is 0 Å². The molecule has 1 atom stereocenters. The van der Waals surface area contributed by atoms with Gasteiger partial charge in [-0.15, -0.1) is 0 Å².